The van der Waals surface area contributed by atoms with Gasteiger partial charge in [0.25, 0.3) is 5.91 Å². The van der Waals surface area contributed by atoms with Crippen LogP contribution in [-0.2, 0) is 0 Å². The molecule has 0 radical (unpaired) electrons. The SMILES string of the molecule is CNc1ncccc1C(=O)N/N=C/c1cccc(Cl)c1. The fourth-order valence-electron chi connectivity index (χ4n) is 1.60. The van der Waals surface area contributed by atoms with Gasteiger partial charge in [0.2, 0.25) is 0 Å². The maximum Gasteiger partial charge on any atom is 0.275 e. The van der Waals surface area contributed by atoms with Crippen LogP contribution in [0.3, 0.4) is 0 Å². The van der Waals surface area contributed by atoms with E-state index in [0.29, 0.717) is 16.4 Å². The van der Waals surface area contributed by atoms with E-state index in [0.717, 1.165) is 5.56 Å². The highest BCUT2D eigenvalue weighted by Gasteiger charge is 2.09. The van der Waals surface area contributed by atoms with Gasteiger partial charge in [-0.05, 0) is 29.8 Å². The van der Waals surface area contributed by atoms with Gasteiger partial charge in [0.05, 0.1) is 11.8 Å². The minimum Gasteiger partial charge on any atom is -0.372 e. The molecule has 0 unspecified atom stereocenters. The molecule has 2 rings (SSSR count). The van der Waals surface area contributed by atoms with Crippen molar-refractivity contribution in [1.29, 1.82) is 0 Å². The number of hydrogen-bond acceptors (Lipinski definition) is 4. The summed E-state index contributed by atoms with van der Waals surface area (Å²) in [6.07, 6.45) is 3.14. The van der Waals surface area contributed by atoms with E-state index in [1.54, 1.807) is 37.5 Å². The number of carbonyl (C=O) groups is 1. The fraction of sp³-hybridized carbons (Fsp3) is 0.0714. The number of nitrogens with zero attached hydrogens (tertiary/aromatic N) is 2. The molecule has 2 aromatic rings. The Morgan fingerprint density at radius 2 is 2.20 bits per heavy atom. The van der Waals surface area contributed by atoms with Gasteiger partial charge in [-0.1, -0.05) is 23.7 Å². The maximum atomic E-state index is 12.0. The standard InChI is InChI=1S/C14H13ClN4O/c1-16-13-12(6-3-7-17-13)14(20)19-18-9-10-4-2-5-11(15)8-10/h2-9H,1H3,(H,16,17)(H,19,20)/b18-9+. The number of anilines is 1. The van der Waals surface area contributed by atoms with E-state index in [-0.39, 0.29) is 5.91 Å². The largest absolute Gasteiger partial charge is 0.372 e. The summed E-state index contributed by atoms with van der Waals surface area (Å²) in [5.41, 5.74) is 3.68. The molecule has 1 aromatic heterocycles. The normalized spacial score (nSPS) is 10.5. The van der Waals surface area contributed by atoms with Crippen LogP contribution in [0.25, 0.3) is 0 Å². The molecular weight excluding hydrogens is 276 g/mol. The van der Waals surface area contributed by atoms with Crippen LogP contribution in [-0.4, -0.2) is 24.2 Å². The van der Waals surface area contributed by atoms with Crippen molar-refractivity contribution in [1.82, 2.24) is 10.4 Å². The zero-order valence-corrected chi connectivity index (χ0v) is 11.6. The van der Waals surface area contributed by atoms with Crippen LogP contribution in [0.4, 0.5) is 5.82 Å². The first-order valence-corrected chi connectivity index (χ1v) is 6.30. The Morgan fingerprint density at radius 1 is 1.35 bits per heavy atom. The Morgan fingerprint density at radius 3 is 2.95 bits per heavy atom. The van der Waals surface area contributed by atoms with Crippen molar-refractivity contribution >= 4 is 29.5 Å². The van der Waals surface area contributed by atoms with E-state index in [9.17, 15) is 4.79 Å². The van der Waals surface area contributed by atoms with Gasteiger partial charge in [0.1, 0.15) is 5.82 Å². The molecule has 0 spiro atoms. The molecule has 6 heteroatoms. The Hall–Kier alpha value is -2.40. The topological polar surface area (TPSA) is 66.4 Å². The minimum atomic E-state index is -0.333. The average molecular weight is 289 g/mol. The highest BCUT2D eigenvalue weighted by Crippen LogP contribution is 2.10. The van der Waals surface area contributed by atoms with Gasteiger partial charge in [-0.15, -0.1) is 0 Å². The van der Waals surface area contributed by atoms with Crippen LogP contribution in [0, 0.1) is 0 Å². The highest BCUT2D eigenvalue weighted by atomic mass is 35.5. The first-order chi connectivity index (χ1) is 9.70. The molecule has 0 aliphatic rings. The third-order valence-corrected chi connectivity index (χ3v) is 2.75. The summed E-state index contributed by atoms with van der Waals surface area (Å²) in [5.74, 6) is 0.170. The Labute approximate surface area is 121 Å². The lowest BCUT2D eigenvalue weighted by Crippen LogP contribution is -2.19. The number of carbonyl (C=O) groups excluding carboxylic acids is 1. The van der Waals surface area contributed by atoms with Gasteiger partial charge >= 0.3 is 0 Å². The monoisotopic (exact) mass is 288 g/mol. The van der Waals surface area contributed by atoms with Crippen LogP contribution in [0.5, 0.6) is 0 Å². The molecule has 0 aliphatic heterocycles. The van der Waals surface area contributed by atoms with Crippen LogP contribution in [0.2, 0.25) is 5.02 Å². The summed E-state index contributed by atoms with van der Waals surface area (Å²) in [5, 5.41) is 7.36. The van der Waals surface area contributed by atoms with E-state index >= 15 is 0 Å². The van der Waals surface area contributed by atoms with E-state index in [1.807, 2.05) is 12.1 Å². The second-order valence-corrected chi connectivity index (χ2v) is 4.34. The Kier molecular flexibility index (Phi) is 4.68. The second kappa shape index (κ2) is 6.68. The summed E-state index contributed by atoms with van der Waals surface area (Å²) < 4.78 is 0. The molecule has 1 amide bonds. The minimum absolute atomic E-state index is 0.333. The molecule has 0 aliphatic carbocycles. The lowest BCUT2D eigenvalue weighted by atomic mass is 10.2. The highest BCUT2D eigenvalue weighted by molar-refractivity contribution is 6.30. The van der Waals surface area contributed by atoms with E-state index in [1.165, 1.54) is 6.21 Å². The number of pyridine rings is 1. The first-order valence-electron chi connectivity index (χ1n) is 5.92. The molecule has 0 atom stereocenters. The molecule has 5 nitrogen and oxygen atoms in total. The lowest BCUT2D eigenvalue weighted by Gasteiger charge is -2.05. The zero-order valence-electron chi connectivity index (χ0n) is 10.8. The van der Waals surface area contributed by atoms with Crippen molar-refractivity contribution in [2.45, 2.75) is 0 Å². The van der Waals surface area contributed by atoms with Gasteiger partial charge in [0.15, 0.2) is 0 Å². The van der Waals surface area contributed by atoms with Crippen molar-refractivity contribution < 1.29 is 4.79 Å². The predicted molar refractivity (Wildman–Crippen MR) is 80.3 cm³/mol. The molecule has 0 bridgehead atoms. The Bertz CT molecular complexity index is 643. The van der Waals surface area contributed by atoms with Crippen LogP contribution < -0.4 is 10.7 Å². The van der Waals surface area contributed by atoms with Crippen LogP contribution in [0.15, 0.2) is 47.7 Å². The lowest BCUT2D eigenvalue weighted by molar-refractivity contribution is 0.0955. The van der Waals surface area contributed by atoms with E-state index in [4.69, 9.17) is 11.6 Å². The summed E-state index contributed by atoms with van der Waals surface area (Å²) in [6.45, 7) is 0. The van der Waals surface area contributed by atoms with Crippen molar-refractivity contribution in [2.24, 2.45) is 5.10 Å². The average Bonchev–Trinajstić information content (AvgIpc) is 2.47. The van der Waals surface area contributed by atoms with Gasteiger partial charge in [-0.2, -0.15) is 5.10 Å². The maximum absolute atomic E-state index is 12.0. The van der Waals surface area contributed by atoms with Crippen molar-refractivity contribution in [3.63, 3.8) is 0 Å². The summed E-state index contributed by atoms with van der Waals surface area (Å²) in [7, 11) is 1.70. The van der Waals surface area contributed by atoms with E-state index < -0.39 is 0 Å². The van der Waals surface area contributed by atoms with Gasteiger partial charge in [0, 0.05) is 18.3 Å². The van der Waals surface area contributed by atoms with Gasteiger partial charge in [-0.25, -0.2) is 10.4 Å². The number of nitrogens with one attached hydrogen (secondary N) is 2. The summed E-state index contributed by atoms with van der Waals surface area (Å²) >= 11 is 5.86. The number of rotatable bonds is 4. The number of aromatic nitrogens is 1. The molecule has 0 fully saturated rings. The fourth-order valence-corrected chi connectivity index (χ4v) is 1.80. The third-order valence-electron chi connectivity index (χ3n) is 2.52. The number of hydrazone groups is 1. The van der Waals surface area contributed by atoms with Crippen LogP contribution >= 0.6 is 11.6 Å². The number of hydrogen-bond donors (Lipinski definition) is 2. The molecule has 20 heavy (non-hydrogen) atoms. The third kappa shape index (κ3) is 3.55. The molecule has 2 N–H and O–H groups in total. The molecule has 1 aromatic carbocycles. The van der Waals surface area contributed by atoms with Crippen molar-refractivity contribution in [3.8, 4) is 0 Å². The van der Waals surface area contributed by atoms with Crippen molar-refractivity contribution in [3.05, 3.63) is 58.7 Å². The number of halogens is 1. The molecular formula is C14H13ClN4O. The van der Waals surface area contributed by atoms with Gasteiger partial charge < -0.3 is 5.32 Å². The molecule has 0 saturated carbocycles. The number of amides is 1. The zero-order chi connectivity index (χ0) is 14.4. The quantitative estimate of drug-likeness (QED) is 0.671. The first kappa shape index (κ1) is 14.0. The molecule has 0 saturated heterocycles. The predicted octanol–water partition coefficient (Wildman–Crippen LogP) is 2.54. The smallest absolute Gasteiger partial charge is 0.275 e. The second-order valence-electron chi connectivity index (χ2n) is 3.90. The van der Waals surface area contributed by atoms with Gasteiger partial charge in [-0.3, -0.25) is 4.79 Å². The molecule has 1 heterocycles. The van der Waals surface area contributed by atoms with E-state index in [2.05, 4.69) is 20.8 Å². The Balaban J connectivity index is 2.05. The van der Waals surface area contributed by atoms with Crippen molar-refractivity contribution in [2.75, 3.05) is 12.4 Å². The summed E-state index contributed by atoms with van der Waals surface area (Å²) in [6, 6.07) is 10.5. The summed E-state index contributed by atoms with van der Waals surface area (Å²) in [4.78, 5) is 16.0. The molecule has 102 valence electrons. The number of benzene rings is 1. The van der Waals surface area contributed by atoms with Crippen LogP contribution in [0.1, 0.15) is 15.9 Å².